The van der Waals surface area contributed by atoms with E-state index in [0.717, 1.165) is 33.5 Å². The lowest BCUT2D eigenvalue weighted by Gasteiger charge is -2.20. The number of nitrogens with zero attached hydrogens (tertiary/aromatic N) is 1. The largest absolute Gasteiger partial charge is 0.399 e. The summed E-state index contributed by atoms with van der Waals surface area (Å²) >= 11 is 0. The molecule has 2 N–H and O–H groups in total. The predicted octanol–water partition coefficient (Wildman–Crippen LogP) is 6.78. The maximum Gasteiger partial charge on any atom is 0.399 e. The fourth-order valence-electron chi connectivity index (χ4n) is 3.45. The third-order valence-corrected chi connectivity index (χ3v) is 6.18. The Balaban J connectivity index is 0. The summed E-state index contributed by atoms with van der Waals surface area (Å²) in [6.07, 6.45) is 22.4. The lowest BCUT2D eigenvalue weighted by molar-refractivity contribution is -1.24. The molecule has 0 aromatic heterocycles. The first-order valence-corrected chi connectivity index (χ1v) is 13.8. The zero-order valence-electron chi connectivity index (χ0n) is 20.8. The normalized spacial score (nSPS) is 11.9. The minimum atomic E-state index is -3.66. The molecule has 0 saturated carbocycles. The van der Waals surface area contributed by atoms with Gasteiger partial charge in [0, 0.05) is 6.42 Å². The van der Waals surface area contributed by atoms with Crippen molar-refractivity contribution in [2.24, 2.45) is 0 Å². The molecule has 0 aliphatic carbocycles. The van der Waals surface area contributed by atoms with Gasteiger partial charge in [-0.3, -0.25) is 8.37 Å². The molecule has 0 atom stereocenters. The van der Waals surface area contributed by atoms with E-state index in [4.69, 9.17) is 0 Å². The van der Waals surface area contributed by atoms with Gasteiger partial charge in [-0.25, -0.2) is 0 Å². The van der Waals surface area contributed by atoms with Crippen LogP contribution >= 0.6 is 0 Å². The average molecular weight is 471 g/mol. The molecule has 0 aromatic rings. The van der Waals surface area contributed by atoms with Crippen LogP contribution in [0.15, 0.2) is 0 Å². The lowest BCUT2D eigenvalue weighted by atomic mass is 10.0. The molecular formula is C23H52NO6S+. The molecule has 0 aliphatic heterocycles. The van der Waals surface area contributed by atoms with Crippen LogP contribution in [0, 0.1) is 0 Å². The number of quaternary nitrogens is 1. The maximum absolute atomic E-state index is 9.92. The van der Waals surface area contributed by atoms with Crippen LogP contribution in [0.2, 0.25) is 0 Å². The van der Waals surface area contributed by atoms with E-state index in [1.807, 2.05) is 6.92 Å². The summed E-state index contributed by atoms with van der Waals surface area (Å²) < 4.78 is 27.5. The Morgan fingerprint density at radius 1 is 0.548 bits per heavy atom. The van der Waals surface area contributed by atoms with Gasteiger partial charge >= 0.3 is 10.4 Å². The molecule has 0 amide bonds. The van der Waals surface area contributed by atoms with Crippen molar-refractivity contribution in [3.05, 3.63) is 0 Å². The van der Waals surface area contributed by atoms with Crippen molar-refractivity contribution in [1.82, 2.24) is 0 Å². The topological polar surface area (TPSA) is 93.1 Å². The summed E-state index contributed by atoms with van der Waals surface area (Å²) in [7, 11) is -1.60. The summed E-state index contributed by atoms with van der Waals surface area (Å²) in [6.45, 7) is 5.18. The minimum absolute atomic E-state index is 0.443. The number of hydroxylamine groups is 4. The molecule has 0 radical (unpaired) electrons. The van der Waals surface area contributed by atoms with Gasteiger partial charge in [-0.15, -0.1) is 0 Å². The molecule has 0 aromatic carbocycles. The SMILES string of the molecule is CCCCCCCCCCCCCCCCCC[N+](O)(O)CCC.COS(=O)(=O)OC. The maximum atomic E-state index is 9.92. The van der Waals surface area contributed by atoms with Crippen molar-refractivity contribution in [2.75, 3.05) is 27.3 Å². The van der Waals surface area contributed by atoms with Gasteiger partial charge in [0.05, 0.1) is 14.2 Å². The second kappa shape index (κ2) is 22.9. The van der Waals surface area contributed by atoms with Crippen molar-refractivity contribution < 1.29 is 32.0 Å². The summed E-state index contributed by atoms with van der Waals surface area (Å²) in [6, 6.07) is 0. The Bertz CT molecular complexity index is 447. The molecular weight excluding hydrogens is 418 g/mol. The van der Waals surface area contributed by atoms with Gasteiger partial charge in [-0.1, -0.05) is 104 Å². The van der Waals surface area contributed by atoms with E-state index in [0.29, 0.717) is 13.1 Å². The van der Waals surface area contributed by atoms with Gasteiger partial charge in [0.2, 0.25) is 0 Å². The van der Waals surface area contributed by atoms with Crippen LogP contribution in [0.1, 0.15) is 123 Å². The van der Waals surface area contributed by atoms with E-state index in [1.165, 1.54) is 89.9 Å². The summed E-state index contributed by atoms with van der Waals surface area (Å²) in [5.41, 5.74) is 0. The van der Waals surface area contributed by atoms with Crippen molar-refractivity contribution in [1.29, 1.82) is 0 Å². The Kier molecular flexibility index (Phi) is 24.4. The van der Waals surface area contributed by atoms with Crippen LogP contribution in [0.25, 0.3) is 0 Å². The van der Waals surface area contributed by atoms with E-state index in [9.17, 15) is 18.8 Å². The van der Waals surface area contributed by atoms with E-state index >= 15 is 0 Å². The van der Waals surface area contributed by atoms with Crippen molar-refractivity contribution in [3.8, 4) is 0 Å². The average Bonchev–Trinajstić information content (AvgIpc) is 2.74. The third-order valence-electron chi connectivity index (χ3n) is 5.36. The van der Waals surface area contributed by atoms with E-state index in [1.54, 1.807) is 0 Å². The van der Waals surface area contributed by atoms with Crippen LogP contribution in [0.4, 0.5) is 0 Å². The molecule has 7 nitrogen and oxygen atoms in total. The second-order valence-corrected chi connectivity index (χ2v) is 9.85. The van der Waals surface area contributed by atoms with E-state index in [-0.39, 0.29) is 0 Å². The molecule has 190 valence electrons. The van der Waals surface area contributed by atoms with Crippen LogP contribution < -0.4 is 0 Å². The van der Waals surface area contributed by atoms with Gasteiger partial charge < -0.3 is 0 Å². The van der Waals surface area contributed by atoms with Crippen LogP contribution in [0.5, 0.6) is 0 Å². The van der Waals surface area contributed by atoms with Crippen LogP contribution in [-0.2, 0) is 18.8 Å². The van der Waals surface area contributed by atoms with Crippen molar-refractivity contribution in [2.45, 2.75) is 123 Å². The monoisotopic (exact) mass is 470 g/mol. The minimum Gasteiger partial charge on any atom is -0.252 e. The fraction of sp³-hybridized carbons (Fsp3) is 1.00. The molecule has 0 heterocycles. The Morgan fingerprint density at radius 3 is 1.13 bits per heavy atom. The van der Waals surface area contributed by atoms with Gasteiger partial charge in [0.25, 0.3) is 0 Å². The van der Waals surface area contributed by atoms with E-state index < -0.39 is 15.2 Å². The molecule has 0 rings (SSSR count). The van der Waals surface area contributed by atoms with Crippen molar-refractivity contribution in [3.63, 3.8) is 0 Å². The highest BCUT2D eigenvalue weighted by Crippen LogP contribution is 2.14. The first kappa shape index (κ1) is 32.9. The Morgan fingerprint density at radius 2 is 0.871 bits per heavy atom. The molecule has 31 heavy (non-hydrogen) atoms. The molecule has 0 saturated heterocycles. The highest BCUT2D eigenvalue weighted by molar-refractivity contribution is 7.81. The first-order valence-electron chi connectivity index (χ1n) is 12.4. The summed E-state index contributed by atoms with van der Waals surface area (Å²) in [4.78, 5) is -0.783. The molecule has 0 aliphatic rings. The van der Waals surface area contributed by atoms with Crippen LogP contribution in [0.3, 0.4) is 0 Å². The standard InChI is InChI=1S/C21H46NO2.C2H6O4S/c1-3-5-6-7-8-9-10-11-12-13-14-15-16-17-18-19-21-22(23,24)20-4-2;1-5-7(3,4)6-2/h23-24H,3-21H2,1-2H3;1-2H3/q+1;. The number of hydrogen-bond acceptors (Lipinski definition) is 6. The zero-order chi connectivity index (χ0) is 23.8. The van der Waals surface area contributed by atoms with Crippen molar-refractivity contribution >= 4 is 10.4 Å². The Labute approximate surface area is 193 Å². The van der Waals surface area contributed by atoms with Crippen LogP contribution in [-0.4, -0.2) is 51.0 Å². The lowest BCUT2D eigenvalue weighted by Crippen LogP contribution is -2.42. The predicted molar refractivity (Wildman–Crippen MR) is 126 cm³/mol. The third kappa shape index (κ3) is 27.7. The number of unbranched alkanes of at least 4 members (excludes halogenated alkanes) is 15. The Hall–Kier alpha value is -0.250. The smallest absolute Gasteiger partial charge is 0.252 e. The second-order valence-electron chi connectivity index (χ2n) is 8.37. The number of rotatable bonds is 21. The molecule has 0 bridgehead atoms. The summed E-state index contributed by atoms with van der Waals surface area (Å²) in [5.74, 6) is 0. The fourth-order valence-corrected chi connectivity index (χ4v) is 3.59. The number of hydrogen-bond donors (Lipinski definition) is 2. The molecule has 0 fully saturated rings. The quantitative estimate of drug-likeness (QED) is 0.109. The molecule has 0 unspecified atom stereocenters. The van der Waals surface area contributed by atoms with Gasteiger partial charge in [0.15, 0.2) is 0 Å². The van der Waals surface area contributed by atoms with Gasteiger partial charge in [-0.2, -0.15) is 18.8 Å². The van der Waals surface area contributed by atoms with Gasteiger partial charge in [-0.05, 0) is 17.7 Å². The zero-order valence-corrected chi connectivity index (χ0v) is 21.6. The highest BCUT2D eigenvalue weighted by Gasteiger charge is 2.19. The van der Waals surface area contributed by atoms with E-state index in [2.05, 4.69) is 15.3 Å². The molecule has 0 spiro atoms. The first-order chi connectivity index (χ1) is 14.7. The summed E-state index contributed by atoms with van der Waals surface area (Å²) in [5, 5.41) is 19.2. The van der Waals surface area contributed by atoms with Gasteiger partial charge in [0.1, 0.15) is 13.1 Å². The molecule has 8 heteroatoms. The highest BCUT2D eigenvalue weighted by atomic mass is 32.3.